The van der Waals surface area contributed by atoms with Crippen LogP contribution < -0.4 is 0 Å². The molecule has 0 bridgehead atoms. The highest BCUT2D eigenvalue weighted by molar-refractivity contribution is 5.70. The van der Waals surface area contributed by atoms with Crippen LogP contribution in [0.25, 0.3) is 0 Å². The van der Waals surface area contributed by atoms with E-state index in [2.05, 4.69) is 20.8 Å². The molecule has 1 amide bonds. The number of carbonyl (C=O) groups is 2. The van der Waals surface area contributed by atoms with Crippen molar-refractivity contribution >= 4 is 12.1 Å². The number of amides is 1. The Morgan fingerprint density at radius 3 is 2.73 bits per heavy atom. The number of piperidine rings is 1. The lowest BCUT2D eigenvalue weighted by atomic mass is 9.75. The van der Waals surface area contributed by atoms with Crippen LogP contribution in [0.4, 0.5) is 4.79 Å². The van der Waals surface area contributed by atoms with Crippen LogP contribution in [0.15, 0.2) is 0 Å². The molecule has 3 rings (SSSR count). The Kier molecular flexibility index (Phi) is 6.07. The zero-order valence-corrected chi connectivity index (χ0v) is 15.9. The summed E-state index contributed by atoms with van der Waals surface area (Å²) in [5.74, 6) is 1.18. The van der Waals surface area contributed by atoms with E-state index in [1.165, 1.54) is 11.3 Å². The molecule has 26 heavy (non-hydrogen) atoms. The minimum atomic E-state index is -0.954. The third-order valence-electron chi connectivity index (χ3n) is 6.05. The molecule has 0 aromatic rings. The minimum Gasteiger partial charge on any atom is -0.465 e. The van der Waals surface area contributed by atoms with Gasteiger partial charge in [-0.25, -0.2) is 9.59 Å². The predicted molar refractivity (Wildman–Crippen MR) is 93.8 cm³/mol. The lowest BCUT2D eigenvalue weighted by molar-refractivity contribution is -0.156. The summed E-state index contributed by atoms with van der Waals surface area (Å²) in [5.41, 5.74) is 0. The first-order valence-electron chi connectivity index (χ1n) is 9.75. The minimum absolute atomic E-state index is 0.0174. The van der Waals surface area contributed by atoms with Gasteiger partial charge in [0.1, 0.15) is 12.7 Å². The molecule has 3 fully saturated rings. The molecule has 3 unspecified atom stereocenters. The van der Waals surface area contributed by atoms with E-state index in [-0.39, 0.29) is 43.4 Å². The lowest BCUT2D eigenvalue weighted by Gasteiger charge is -2.37. The van der Waals surface area contributed by atoms with Crippen LogP contribution in [0.2, 0.25) is 0 Å². The van der Waals surface area contributed by atoms with E-state index in [4.69, 9.17) is 19.3 Å². The molecule has 1 aliphatic carbocycles. The molecule has 1 N–H and O–H groups in total. The van der Waals surface area contributed by atoms with Gasteiger partial charge in [0.15, 0.2) is 0 Å². The number of carbonyl (C=O) groups excluding carboxylic acids is 1. The molecule has 7 nitrogen and oxygen atoms in total. The number of likely N-dealkylation sites (tertiary alicyclic amines) is 1. The summed E-state index contributed by atoms with van der Waals surface area (Å²) in [7, 11) is 0. The monoisotopic (exact) mass is 369 g/mol. The van der Waals surface area contributed by atoms with Crippen molar-refractivity contribution in [1.82, 2.24) is 4.90 Å². The normalized spacial score (nSPS) is 36.5. The highest BCUT2D eigenvalue weighted by Gasteiger charge is 2.51. The van der Waals surface area contributed by atoms with Gasteiger partial charge < -0.3 is 24.2 Å². The Morgan fingerprint density at radius 1 is 1.27 bits per heavy atom. The van der Waals surface area contributed by atoms with Crippen molar-refractivity contribution in [3.8, 4) is 0 Å². The number of fused-ring (bicyclic) bond motifs is 1. The molecule has 7 heteroatoms. The molecule has 3 aliphatic rings. The van der Waals surface area contributed by atoms with E-state index >= 15 is 0 Å². The van der Waals surface area contributed by atoms with Crippen LogP contribution in [0.5, 0.6) is 0 Å². The predicted octanol–water partition coefficient (Wildman–Crippen LogP) is 2.38. The second kappa shape index (κ2) is 8.13. The van der Waals surface area contributed by atoms with Crippen LogP contribution in [0, 0.1) is 23.7 Å². The number of nitrogens with zero attached hydrogens (tertiary/aromatic N) is 1. The first-order valence-corrected chi connectivity index (χ1v) is 9.75. The molecule has 0 aromatic heterocycles. The molecule has 2 saturated heterocycles. The van der Waals surface area contributed by atoms with Crippen molar-refractivity contribution < 1.29 is 28.9 Å². The number of ether oxygens (including phenoxy) is 3. The zero-order valence-electron chi connectivity index (χ0n) is 15.9. The number of epoxide rings is 1. The summed E-state index contributed by atoms with van der Waals surface area (Å²) >= 11 is 0. The molecule has 148 valence electrons. The molecule has 2 heterocycles. The smallest absolute Gasteiger partial charge is 0.407 e. The fraction of sp³-hybridized carbons (Fsp3) is 0.895. The zero-order chi connectivity index (χ0) is 18.8. The Balaban J connectivity index is 1.42. The van der Waals surface area contributed by atoms with Gasteiger partial charge in [-0.05, 0) is 30.6 Å². The number of rotatable bonds is 6. The van der Waals surface area contributed by atoms with Crippen LogP contribution in [-0.4, -0.2) is 66.7 Å². The first kappa shape index (κ1) is 19.4. The van der Waals surface area contributed by atoms with Crippen LogP contribution in [-0.2, 0) is 19.0 Å². The van der Waals surface area contributed by atoms with Gasteiger partial charge in [-0.1, -0.05) is 27.2 Å². The summed E-state index contributed by atoms with van der Waals surface area (Å²) in [4.78, 5) is 24.6. The van der Waals surface area contributed by atoms with Gasteiger partial charge in [-0.3, -0.25) is 0 Å². The summed E-state index contributed by atoms with van der Waals surface area (Å²) in [6.07, 6.45) is 2.48. The average molecular weight is 369 g/mol. The summed E-state index contributed by atoms with van der Waals surface area (Å²) < 4.78 is 16.8. The highest BCUT2D eigenvalue weighted by Crippen LogP contribution is 2.36. The quantitative estimate of drug-likeness (QED) is 0.571. The molecule has 1 saturated carbocycles. The van der Waals surface area contributed by atoms with E-state index in [1.54, 1.807) is 0 Å². The number of carboxylic acid groups (broad SMARTS) is 1. The van der Waals surface area contributed by atoms with Crippen LogP contribution >= 0.6 is 0 Å². The maximum atomic E-state index is 12.1. The maximum Gasteiger partial charge on any atom is 0.407 e. The van der Waals surface area contributed by atoms with Crippen molar-refractivity contribution in [1.29, 1.82) is 0 Å². The van der Waals surface area contributed by atoms with Gasteiger partial charge in [-0.15, -0.1) is 0 Å². The second-order valence-electron chi connectivity index (χ2n) is 8.45. The molecular formula is C19H31NO6. The van der Waals surface area contributed by atoms with Crippen molar-refractivity contribution in [2.45, 2.75) is 58.3 Å². The molecule has 0 aromatic carbocycles. The number of hydrogen-bond donors (Lipinski definition) is 1. The molecule has 6 atom stereocenters. The maximum absolute atomic E-state index is 12.1. The number of hydrogen-bond acceptors (Lipinski definition) is 5. The Morgan fingerprint density at radius 2 is 2.04 bits per heavy atom. The van der Waals surface area contributed by atoms with Gasteiger partial charge in [-0.2, -0.15) is 0 Å². The number of esters is 1. The summed E-state index contributed by atoms with van der Waals surface area (Å²) in [5, 5.41) is 9.13. The fourth-order valence-electron chi connectivity index (χ4n) is 4.42. The fourth-order valence-corrected chi connectivity index (χ4v) is 4.42. The molecule has 0 spiro atoms. The summed E-state index contributed by atoms with van der Waals surface area (Å²) in [6, 6.07) is 0. The molecular weight excluding hydrogens is 338 g/mol. The topological polar surface area (TPSA) is 88.6 Å². The third-order valence-corrected chi connectivity index (χ3v) is 6.05. The average Bonchev–Trinajstić information content (AvgIpc) is 3.37. The Hall–Kier alpha value is -1.34. The largest absolute Gasteiger partial charge is 0.465 e. The van der Waals surface area contributed by atoms with Crippen molar-refractivity contribution in [2.24, 2.45) is 23.7 Å². The van der Waals surface area contributed by atoms with Crippen LogP contribution in [0.3, 0.4) is 0 Å². The van der Waals surface area contributed by atoms with Crippen molar-refractivity contribution in [3.63, 3.8) is 0 Å². The van der Waals surface area contributed by atoms with E-state index in [9.17, 15) is 9.59 Å². The Labute approximate surface area is 155 Å². The van der Waals surface area contributed by atoms with E-state index in [0.29, 0.717) is 30.8 Å². The Bertz CT molecular complexity index is 524. The SMILES string of the molecule is CC(C)[C@@H]1CC[C@@H](C)C[C@H]1OCC(=O)OCC1CN(C(=O)O)CC2OC12. The van der Waals surface area contributed by atoms with Crippen LogP contribution in [0.1, 0.15) is 40.0 Å². The van der Waals surface area contributed by atoms with Gasteiger partial charge >= 0.3 is 12.1 Å². The molecule has 0 radical (unpaired) electrons. The van der Waals surface area contributed by atoms with Gasteiger partial charge in [0.25, 0.3) is 0 Å². The van der Waals surface area contributed by atoms with E-state index < -0.39 is 6.09 Å². The third kappa shape index (κ3) is 4.68. The second-order valence-corrected chi connectivity index (χ2v) is 8.45. The lowest BCUT2D eigenvalue weighted by Crippen LogP contribution is -2.45. The highest BCUT2D eigenvalue weighted by atomic mass is 16.6. The van der Waals surface area contributed by atoms with Gasteiger partial charge in [0.2, 0.25) is 0 Å². The standard InChI is InChI=1S/C19H31NO6/c1-11(2)14-5-4-12(3)6-15(14)24-10-17(21)25-9-13-7-20(19(22)23)8-16-18(13)26-16/h11-16,18H,4-10H2,1-3H3,(H,22,23)/t12-,13?,14+,15-,16?,18?/m1/s1. The van der Waals surface area contributed by atoms with Gasteiger partial charge in [0.05, 0.1) is 25.4 Å². The van der Waals surface area contributed by atoms with Gasteiger partial charge in [0, 0.05) is 12.5 Å². The van der Waals surface area contributed by atoms with Crippen molar-refractivity contribution in [3.05, 3.63) is 0 Å². The van der Waals surface area contributed by atoms with Crippen molar-refractivity contribution in [2.75, 3.05) is 26.3 Å². The van der Waals surface area contributed by atoms with E-state index in [0.717, 1.165) is 12.8 Å². The summed E-state index contributed by atoms with van der Waals surface area (Å²) in [6.45, 7) is 7.54. The molecule has 2 aliphatic heterocycles. The first-order chi connectivity index (χ1) is 12.3. The van der Waals surface area contributed by atoms with E-state index in [1.807, 2.05) is 0 Å².